The van der Waals surface area contributed by atoms with Crippen LogP contribution in [0.3, 0.4) is 0 Å². The molecule has 2 aliphatic rings. The van der Waals surface area contributed by atoms with Crippen molar-refractivity contribution in [2.24, 2.45) is 5.92 Å². The van der Waals surface area contributed by atoms with Gasteiger partial charge >= 0.3 is 0 Å². The van der Waals surface area contributed by atoms with Crippen LogP contribution in [0.4, 0.5) is 10.2 Å². The van der Waals surface area contributed by atoms with Gasteiger partial charge in [0.1, 0.15) is 11.9 Å². The van der Waals surface area contributed by atoms with E-state index in [0.717, 1.165) is 18.4 Å². The largest absolute Gasteiger partial charge is 0.368 e. The first-order valence-corrected chi connectivity index (χ1v) is 9.63. The van der Waals surface area contributed by atoms with E-state index >= 15 is 0 Å². The molecule has 1 aromatic heterocycles. The molecule has 0 aliphatic carbocycles. The number of rotatable bonds is 4. The monoisotopic (exact) mass is 386 g/mol. The van der Waals surface area contributed by atoms with Crippen LogP contribution >= 0.6 is 0 Å². The quantitative estimate of drug-likeness (QED) is 0.846. The van der Waals surface area contributed by atoms with Gasteiger partial charge in [-0.1, -0.05) is 0 Å². The first kappa shape index (κ1) is 18.6. The van der Waals surface area contributed by atoms with Gasteiger partial charge in [0, 0.05) is 31.7 Å². The Morgan fingerprint density at radius 1 is 1.18 bits per heavy atom. The molecule has 0 saturated carbocycles. The Bertz CT molecular complexity index is 837. The summed E-state index contributed by atoms with van der Waals surface area (Å²) in [4.78, 5) is 26.7. The van der Waals surface area contributed by atoms with Crippen LogP contribution in [-0.4, -0.2) is 52.7 Å². The normalized spacial score (nSPS) is 20.3. The number of benzene rings is 1. The van der Waals surface area contributed by atoms with E-state index in [0.29, 0.717) is 44.0 Å². The van der Waals surface area contributed by atoms with E-state index in [-0.39, 0.29) is 29.7 Å². The van der Waals surface area contributed by atoms with Crippen LogP contribution in [0.15, 0.2) is 30.3 Å². The first-order valence-electron chi connectivity index (χ1n) is 9.63. The average molecular weight is 386 g/mol. The first-order chi connectivity index (χ1) is 13.6. The van der Waals surface area contributed by atoms with Gasteiger partial charge in [-0.05, 0) is 55.5 Å². The average Bonchev–Trinajstić information content (AvgIpc) is 3.40. The molecule has 1 aromatic carbocycles. The number of amides is 2. The number of ether oxygens (including phenoxy) is 1. The third kappa shape index (κ3) is 4.06. The number of halogens is 1. The lowest BCUT2D eigenvalue weighted by atomic mass is 9.95. The molecule has 1 unspecified atom stereocenters. The van der Waals surface area contributed by atoms with Crippen LogP contribution in [-0.2, 0) is 14.3 Å². The fourth-order valence-corrected chi connectivity index (χ4v) is 3.73. The van der Waals surface area contributed by atoms with E-state index in [9.17, 15) is 14.0 Å². The van der Waals surface area contributed by atoms with Gasteiger partial charge in [-0.25, -0.2) is 4.39 Å². The van der Waals surface area contributed by atoms with E-state index in [1.54, 1.807) is 23.1 Å². The lowest BCUT2D eigenvalue weighted by Crippen LogP contribution is -2.45. The molecule has 0 bridgehead atoms. The predicted octanol–water partition coefficient (Wildman–Crippen LogP) is 2.57. The Morgan fingerprint density at radius 2 is 1.93 bits per heavy atom. The molecule has 7 nitrogen and oxygen atoms in total. The van der Waals surface area contributed by atoms with Crippen LogP contribution in [0, 0.1) is 11.7 Å². The van der Waals surface area contributed by atoms with Crippen LogP contribution in [0.1, 0.15) is 25.7 Å². The standard InChI is InChI=1S/C20H23FN4O3/c21-15-5-3-13(4-6-15)16-12-18(24-23-16)22-19(26)14-7-9-25(10-8-14)20(27)17-2-1-11-28-17/h3-6,12,14,17H,1-2,7-11H2,(H2,22,23,24,26). The number of likely N-dealkylation sites (tertiary alicyclic amines) is 1. The van der Waals surface area contributed by atoms with Crippen molar-refractivity contribution in [1.82, 2.24) is 15.1 Å². The van der Waals surface area contributed by atoms with Crippen molar-refractivity contribution in [3.05, 3.63) is 36.1 Å². The van der Waals surface area contributed by atoms with E-state index in [2.05, 4.69) is 15.5 Å². The molecular formula is C20H23FN4O3. The number of hydrogen-bond acceptors (Lipinski definition) is 4. The highest BCUT2D eigenvalue weighted by molar-refractivity contribution is 5.92. The highest BCUT2D eigenvalue weighted by atomic mass is 19.1. The number of H-pyrrole nitrogens is 1. The third-order valence-corrected chi connectivity index (χ3v) is 5.37. The number of aromatic nitrogens is 2. The Morgan fingerprint density at radius 3 is 2.61 bits per heavy atom. The molecule has 4 rings (SSSR count). The zero-order valence-electron chi connectivity index (χ0n) is 15.5. The summed E-state index contributed by atoms with van der Waals surface area (Å²) in [6, 6.07) is 7.77. The molecule has 0 spiro atoms. The fourth-order valence-electron chi connectivity index (χ4n) is 3.73. The zero-order valence-corrected chi connectivity index (χ0v) is 15.5. The Labute approximate surface area is 162 Å². The second-order valence-corrected chi connectivity index (χ2v) is 7.26. The van der Waals surface area contributed by atoms with Crippen molar-refractivity contribution < 1.29 is 18.7 Å². The summed E-state index contributed by atoms with van der Waals surface area (Å²) >= 11 is 0. The van der Waals surface area contributed by atoms with Crippen LogP contribution in [0.2, 0.25) is 0 Å². The lowest BCUT2D eigenvalue weighted by Gasteiger charge is -2.32. The highest BCUT2D eigenvalue weighted by Gasteiger charge is 2.32. The topological polar surface area (TPSA) is 87.3 Å². The van der Waals surface area contributed by atoms with Crippen molar-refractivity contribution in [3.63, 3.8) is 0 Å². The van der Waals surface area contributed by atoms with Gasteiger partial charge in [0.15, 0.2) is 5.82 Å². The summed E-state index contributed by atoms with van der Waals surface area (Å²) in [6.07, 6.45) is 2.66. The summed E-state index contributed by atoms with van der Waals surface area (Å²) in [7, 11) is 0. The van der Waals surface area contributed by atoms with Crippen LogP contribution in [0.25, 0.3) is 11.3 Å². The molecule has 2 aliphatic heterocycles. The van der Waals surface area contributed by atoms with Crippen molar-refractivity contribution >= 4 is 17.6 Å². The minimum Gasteiger partial charge on any atom is -0.368 e. The molecular weight excluding hydrogens is 363 g/mol. The van der Waals surface area contributed by atoms with E-state index in [1.807, 2.05) is 0 Å². The summed E-state index contributed by atoms with van der Waals surface area (Å²) in [5.41, 5.74) is 1.49. The zero-order chi connectivity index (χ0) is 19.5. The maximum Gasteiger partial charge on any atom is 0.251 e. The number of piperidine rings is 1. The molecule has 8 heteroatoms. The smallest absolute Gasteiger partial charge is 0.251 e. The maximum atomic E-state index is 13.0. The molecule has 2 aromatic rings. The Hall–Kier alpha value is -2.74. The summed E-state index contributed by atoms with van der Waals surface area (Å²) in [5.74, 6) is -0.0724. The van der Waals surface area contributed by atoms with Crippen molar-refractivity contribution in [2.45, 2.75) is 31.8 Å². The van der Waals surface area contributed by atoms with Crippen molar-refractivity contribution in [3.8, 4) is 11.3 Å². The molecule has 148 valence electrons. The van der Waals surface area contributed by atoms with Crippen LogP contribution in [0.5, 0.6) is 0 Å². The van der Waals surface area contributed by atoms with Crippen molar-refractivity contribution in [2.75, 3.05) is 25.0 Å². The van der Waals surface area contributed by atoms with Gasteiger partial charge in [0.25, 0.3) is 5.91 Å². The van der Waals surface area contributed by atoms with Gasteiger partial charge in [0.05, 0.1) is 5.69 Å². The molecule has 1 atom stereocenters. The minimum atomic E-state index is -0.306. The van der Waals surface area contributed by atoms with Crippen LogP contribution < -0.4 is 5.32 Å². The van der Waals surface area contributed by atoms with E-state index in [4.69, 9.17) is 4.74 Å². The fraction of sp³-hybridized carbons (Fsp3) is 0.450. The maximum absolute atomic E-state index is 13.0. The Balaban J connectivity index is 1.30. The Kier molecular flexibility index (Phi) is 5.38. The van der Waals surface area contributed by atoms with Gasteiger partial charge in [-0.3, -0.25) is 14.7 Å². The molecule has 28 heavy (non-hydrogen) atoms. The number of carbonyl (C=O) groups is 2. The third-order valence-electron chi connectivity index (χ3n) is 5.37. The lowest BCUT2D eigenvalue weighted by molar-refractivity contribution is -0.143. The molecule has 2 fully saturated rings. The number of carbonyl (C=O) groups excluding carboxylic acids is 2. The highest BCUT2D eigenvalue weighted by Crippen LogP contribution is 2.24. The number of nitrogens with one attached hydrogen (secondary N) is 2. The van der Waals surface area contributed by atoms with Gasteiger partial charge < -0.3 is 15.0 Å². The number of aromatic amines is 1. The molecule has 3 heterocycles. The summed E-state index contributed by atoms with van der Waals surface area (Å²) in [5, 5.41) is 9.79. The summed E-state index contributed by atoms with van der Waals surface area (Å²) < 4.78 is 18.5. The SMILES string of the molecule is O=C(Nc1cc(-c2ccc(F)cc2)[nH]n1)C1CCN(C(=O)C2CCCO2)CC1. The minimum absolute atomic E-state index is 0.0487. The van der Waals surface area contributed by atoms with E-state index in [1.165, 1.54) is 12.1 Å². The predicted molar refractivity (Wildman–Crippen MR) is 101 cm³/mol. The van der Waals surface area contributed by atoms with E-state index < -0.39 is 0 Å². The molecule has 2 amide bonds. The molecule has 2 N–H and O–H groups in total. The number of nitrogens with zero attached hydrogens (tertiary/aromatic N) is 2. The number of hydrogen-bond donors (Lipinski definition) is 2. The van der Waals surface area contributed by atoms with Gasteiger partial charge in [0.2, 0.25) is 5.91 Å². The second-order valence-electron chi connectivity index (χ2n) is 7.26. The van der Waals surface area contributed by atoms with Crippen molar-refractivity contribution in [1.29, 1.82) is 0 Å². The van der Waals surface area contributed by atoms with Gasteiger partial charge in [-0.15, -0.1) is 0 Å². The second kappa shape index (κ2) is 8.10. The summed E-state index contributed by atoms with van der Waals surface area (Å²) in [6.45, 7) is 1.79. The number of anilines is 1. The molecule has 0 radical (unpaired) electrons. The molecule has 2 saturated heterocycles. The van der Waals surface area contributed by atoms with Gasteiger partial charge in [-0.2, -0.15) is 5.10 Å².